The van der Waals surface area contributed by atoms with E-state index in [9.17, 15) is 14.4 Å². The maximum Gasteiger partial charge on any atom is 0.355 e. The molecule has 0 aliphatic carbocycles. The molecule has 1 rings (SSSR count). The molecule has 0 saturated heterocycles. The first kappa shape index (κ1) is 17.4. The second-order valence-corrected chi connectivity index (χ2v) is 4.58. The number of carbonyl (C=O) groups excluding carboxylic acids is 3. The minimum Gasteiger partial charge on any atom is -0.451 e. The SMILES string of the molecule is CCCNC(=O)COC(=O)/C(=C/c1ccccc1)NC(C)=O. The lowest BCUT2D eigenvalue weighted by Gasteiger charge is -2.09. The predicted octanol–water partition coefficient (Wildman–Crippen LogP) is 1.23. The van der Waals surface area contributed by atoms with E-state index in [1.54, 1.807) is 24.3 Å². The van der Waals surface area contributed by atoms with Crippen molar-refractivity contribution < 1.29 is 19.1 Å². The van der Waals surface area contributed by atoms with Gasteiger partial charge in [-0.25, -0.2) is 4.79 Å². The van der Waals surface area contributed by atoms with Gasteiger partial charge >= 0.3 is 5.97 Å². The van der Waals surface area contributed by atoms with E-state index in [1.165, 1.54) is 13.0 Å². The molecule has 0 fully saturated rings. The lowest BCUT2D eigenvalue weighted by atomic mass is 10.2. The van der Waals surface area contributed by atoms with E-state index in [4.69, 9.17) is 4.74 Å². The molecule has 0 atom stereocenters. The van der Waals surface area contributed by atoms with E-state index in [1.807, 2.05) is 13.0 Å². The normalized spacial score (nSPS) is 10.7. The number of rotatable bonds is 7. The predicted molar refractivity (Wildman–Crippen MR) is 82.5 cm³/mol. The number of hydrogen-bond acceptors (Lipinski definition) is 4. The van der Waals surface area contributed by atoms with Gasteiger partial charge in [0.05, 0.1) is 0 Å². The van der Waals surface area contributed by atoms with Crippen LogP contribution in [0.1, 0.15) is 25.8 Å². The van der Waals surface area contributed by atoms with E-state index in [2.05, 4.69) is 10.6 Å². The second-order valence-electron chi connectivity index (χ2n) is 4.58. The van der Waals surface area contributed by atoms with Gasteiger partial charge in [0.25, 0.3) is 5.91 Å². The molecule has 22 heavy (non-hydrogen) atoms. The van der Waals surface area contributed by atoms with Gasteiger partial charge in [-0.05, 0) is 18.1 Å². The minimum atomic E-state index is -0.759. The van der Waals surface area contributed by atoms with Crippen LogP contribution in [0.4, 0.5) is 0 Å². The van der Waals surface area contributed by atoms with Gasteiger partial charge in [-0.1, -0.05) is 37.3 Å². The Bertz CT molecular complexity index is 553. The molecule has 2 amide bonds. The summed E-state index contributed by atoms with van der Waals surface area (Å²) in [6.45, 7) is 3.35. The van der Waals surface area contributed by atoms with Crippen molar-refractivity contribution in [1.82, 2.24) is 10.6 Å². The highest BCUT2D eigenvalue weighted by Gasteiger charge is 2.14. The van der Waals surface area contributed by atoms with Gasteiger partial charge in [-0.15, -0.1) is 0 Å². The zero-order valence-electron chi connectivity index (χ0n) is 12.7. The summed E-state index contributed by atoms with van der Waals surface area (Å²) >= 11 is 0. The Morgan fingerprint density at radius 3 is 2.45 bits per heavy atom. The molecule has 0 unspecified atom stereocenters. The summed E-state index contributed by atoms with van der Waals surface area (Å²) in [5.74, 6) is -1.53. The van der Waals surface area contributed by atoms with Crippen molar-refractivity contribution in [3.05, 3.63) is 41.6 Å². The first-order chi connectivity index (χ1) is 10.5. The van der Waals surface area contributed by atoms with Crippen LogP contribution in [0.5, 0.6) is 0 Å². The summed E-state index contributed by atoms with van der Waals surface area (Å²) in [5.41, 5.74) is 0.723. The number of hydrogen-bond donors (Lipinski definition) is 2. The van der Waals surface area contributed by atoms with E-state index in [0.717, 1.165) is 12.0 Å². The standard InChI is InChI=1S/C16H20N2O4/c1-3-9-17-15(20)11-22-16(21)14(18-12(2)19)10-13-7-5-4-6-8-13/h4-8,10H,3,9,11H2,1-2H3,(H,17,20)(H,18,19)/b14-10-. The quantitative estimate of drug-likeness (QED) is 0.586. The maximum absolute atomic E-state index is 12.0. The molecule has 0 heterocycles. The third-order valence-electron chi connectivity index (χ3n) is 2.55. The van der Waals surface area contributed by atoms with Gasteiger partial charge < -0.3 is 15.4 Å². The van der Waals surface area contributed by atoms with Gasteiger partial charge in [0.1, 0.15) is 5.70 Å². The monoisotopic (exact) mass is 304 g/mol. The van der Waals surface area contributed by atoms with E-state index < -0.39 is 11.9 Å². The van der Waals surface area contributed by atoms with Crippen molar-refractivity contribution >= 4 is 23.9 Å². The summed E-state index contributed by atoms with van der Waals surface area (Å²) in [6.07, 6.45) is 2.29. The number of esters is 1. The fourth-order valence-electron chi connectivity index (χ4n) is 1.58. The Kier molecular flexibility index (Phi) is 7.39. The lowest BCUT2D eigenvalue weighted by molar-refractivity contribution is -0.145. The fourth-order valence-corrected chi connectivity index (χ4v) is 1.58. The molecule has 0 aliphatic rings. The Morgan fingerprint density at radius 2 is 1.86 bits per heavy atom. The molecule has 0 radical (unpaired) electrons. The van der Waals surface area contributed by atoms with Crippen LogP contribution in [-0.4, -0.2) is 30.9 Å². The second kappa shape index (κ2) is 9.33. The highest BCUT2D eigenvalue weighted by atomic mass is 16.5. The minimum absolute atomic E-state index is 0.0120. The van der Waals surface area contributed by atoms with Crippen molar-refractivity contribution in [3.8, 4) is 0 Å². The molecule has 1 aromatic rings. The van der Waals surface area contributed by atoms with Crippen molar-refractivity contribution in [2.24, 2.45) is 0 Å². The number of carbonyl (C=O) groups is 3. The van der Waals surface area contributed by atoms with Crippen LogP contribution in [-0.2, 0) is 19.1 Å². The van der Waals surface area contributed by atoms with E-state index in [-0.39, 0.29) is 18.2 Å². The summed E-state index contributed by atoms with van der Waals surface area (Å²) in [6, 6.07) is 9.01. The van der Waals surface area contributed by atoms with Gasteiger partial charge in [0.2, 0.25) is 5.91 Å². The average molecular weight is 304 g/mol. The van der Waals surface area contributed by atoms with Gasteiger partial charge in [0.15, 0.2) is 6.61 Å². The van der Waals surface area contributed by atoms with Crippen LogP contribution >= 0.6 is 0 Å². The van der Waals surface area contributed by atoms with Crippen LogP contribution in [0, 0.1) is 0 Å². The molecule has 2 N–H and O–H groups in total. The number of amides is 2. The van der Waals surface area contributed by atoms with Crippen molar-refractivity contribution in [2.45, 2.75) is 20.3 Å². The first-order valence-electron chi connectivity index (χ1n) is 7.01. The van der Waals surface area contributed by atoms with Crippen molar-refractivity contribution in [3.63, 3.8) is 0 Å². The Hall–Kier alpha value is -2.63. The molecule has 6 heteroatoms. The van der Waals surface area contributed by atoms with Gasteiger partial charge in [-0.2, -0.15) is 0 Å². The molecule has 0 aliphatic heterocycles. The molecule has 0 bridgehead atoms. The molecular weight excluding hydrogens is 284 g/mol. The van der Waals surface area contributed by atoms with E-state index in [0.29, 0.717) is 6.54 Å². The maximum atomic E-state index is 12.0. The Balaban J connectivity index is 2.71. The van der Waals surface area contributed by atoms with Gasteiger partial charge in [-0.3, -0.25) is 9.59 Å². The molecule has 6 nitrogen and oxygen atoms in total. The zero-order chi connectivity index (χ0) is 16.4. The largest absolute Gasteiger partial charge is 0.451 e. The van der Waals surface area contributed by atoms with Crippen LogP contribution in [0.2, 0.25) is 0 Å². The zero-order valence-corrected chi connectivity index (χ0v) is 12.7. The van der Waals surface area contributed by atoms with Crippen LogP contribution in [0.15, 0.2) is 36.0 Å². The molecular formula is C16H20N2O4. The van der Waals surface area contributed by atoms with Crippen LogP contribution in [0.25, 0.3) is 6.08 Å². The molecule has 0 saturated carbocycles. The topological polar surface area (TPSA) is 84.5 Å². The average Bonchev–Trinajstić information content (AvgIpc) is 2.50. The lowest BCUT2D eigenvalue weighted by Crippen LogP contribution is -2.32. The summed E-state index contributed by atoms with van der Waals surface area (Å²) in [5, 5.41) is 5.01. The number of benzene rings is 1. The Labute approximate surface area is 129 Å². The molecule has 0 spiro atoms. The fraction of sp³-hybridized carbons (Fsp3) is 0.312. The first-order valence-corrected chi connectivity index (χ1v) is 7.01. The molecule has 1 aromatic carbocycles. The summed E-state index contributed by atoms with van der Waals surface area (Å²) in [7, 11) is 0. The highest BCUT2D eigenvalue weighted by molar-refractivity contribution is 5.98. The molecule has 0 aromatic heterocycles. The summed E-state index contributed by atoms with van der Waals surface area (Å²) in [4.78, 5) is 34.6. The van der Waals surface area contributed by atoms with Crippen molar-refractivity contribution in [1.29, 1.82) is 0 Å². The van der Waals surface area contributed by atoms with Crippen LogP contribution < -0.4 is 10.6 Å². The van der Waals surface area contributed by atoms with Gasteiger partial charge in [0, 0.05) is 13.5 Å². The molecule has 118 valence electrons. The number of nitrogens with one attached hydrogen (secondary N) is 2. The van der Waals surface area contributed by atoms with Crippen LogP contribution in [0.3, 0.4) is 0 Å². The number of ether oxygens (including phenoxy) is 1. The summed E-state index contributed by atoms with van der Waals surface area (Å²) < 4.78 is 4.90. The van der Waals surface area contributed by atoms with Crippen molar-refractivity contribution in [2.75, 3.05) is 13.2 Å². The third kappa shape index (κ3) is 6.69. The Morgan fingerprint density at radius 1 is 1.18 bits per heavy atom. The van der Waals surface area contributed by atoms with E-state index >= 15 is 0 Å². The highest BCUT2D eigenvalue weighted by Crippen LogP contribution is 2.06. The smallest absolute Gasteiger partial charge is 0.355 e. The third-order valence-corrected chi connectivity index (χ3v) is 2.55.